The normalized spacial score (nSPS) is 10.7. The molecule has 1 aromatic carbocycles. The number of hydrogen-bond donors (Lipinski definition) is 1. The first-order valence-corrected chi connectivity index (χ1v) is 7.28. The van der Waals surface area contributed by atoms with Gasteiger partial charge in [-0.1, -0.05) is 12.1 Å². The highest BCUT2D eigenvalue weighted by molar-refractivity contribution is 6.01. The molecule has 2 heterocycles. The summed E-state index contributed by atoms with van der Waals surface area (Å²) in [5, 5.41) is 4.11. The molecule has 2 aromatic heterocycles. The van der Waals surface area contributed by atoms with E-state index in [0.717, 1.165) is 39.6 Å². The van der Waals surface area contributed by atoms with Gasteiger partial charge in [-0.25, -0.2) is 9.97 Å². The number of hydrogen-bond acceptors (Lipinski definition) is 5. The van der Waals surface area contributed by atoms with Crippen molar-refractivity contribution < 1.29 is 4.74 Å². The summed E-state index contributed by atoms with van der Waals surface area (Å²) in [5.41, 5.74) is 2.66. The second-order valence-corrected chi connectivity index (χ2v) is 4.85. The van der Waals surface area contributed by atoms with E-state index in [9.17, 15) is 0 Å². The summed E-state index contributed by atoms with van der Waals surface area (Å²) in [6, 6.07) is 9.79. The standard InChI is InChI=1S/C17H18N4O/c1-4-22-14-9-6-10-19-16(14)12-7-5-8-13-15(12)17(18-3)21-11(2)20-13/h5-10H,4H2,1-3H3,(H,18,20,21). The number of rotatable bonds is 4. The number of nitrogens with one attached hydrogen (secondary N) is 1. The lowest BCUT2D eigenvalue weighted by Crippen LogP contribution is -2.01. The molecule has 0 atom stereocenters. The van der Waals surface area contributed by atoms with Gasteiger partial charge in [-0.3, -0.25) is 4.98 Å². The number of pyridine rings is 1. The molecule has 5 heteroatoms. The summed E-state index contributed by atoms with van der Waals surface area (Å²) in [5.74, 6) is 2.30. The Morgan fingerprint density at radius 3 is 2.77 bits per heavy atom. The zero-order valence-electron chi connectivity index (χ0n) is 12.9. The summed E-state index contributed by atoms with van der Waals surface area (Å²) >= 11 is 0. The van der Waals surface area contributed by atoms with Crippen LogP contribution >= 0.6 is 0 Å². The van der Waals surface area contributed by atoms with E-state index in [0.29, 0.717) is 6.61 Å². The molecule has 3 rings (SSSR count). The molecule has 0 amide bonds. The van der Waals surface area contributed by atoms with Crippen molar-refractivity contribution in [3.63, 3.8) is 0 Å². The fourth-order valence-corrected chi connectivity index (χ4v) is 2.54. The minimum Gasteiger partial charge on any atom is -0.492 e. The zero-order valence-corrected chi connectivity index (χ0v) is 12.9. The lowest BCUT2D eigenvalue weighted by molar-refractivity contribution is 0.340. The minimum absolute atomic E-state index is 0.595. The lowest BCUT2D eigenvalue weighted by atomic mass is 10.0. The highest BCUT2D eigenvalue weighted by Crippen LogP contribution is 2.35. The third kappa shape index (κ3) is 2.45. The molecule has 3 aromatic rings. The van der Waals surface area contributed by atoms with Gasteiger partial charge in [0.15, 0.2) is 0 Å². The largest absolute Gasteiger partial charge is 0.492 e. The molecule has 0 unspecified atom stereocenters. The fourth-order valence-electron chi connectivity index (χ4n) is 2.54. The van der Waals surface area contributed by atoms with Crippen LogP contribution in [0.4, 0.5) is 5.82 Å². The molecule has 0 aliphatic heterocycles. The van der Waals surface area contributed by atoms with Crippen LogP contribution in [0.5, 0.6) is 5.75 Å². The number of aromatic nitrogens is 3. The van der Waals surface area contributed by atoms with Crippen LogP contribution in [-0.4, -0.2) is 28.6 Å². The van der Waals surface area contributed by atoms with Crippen molar-refractivity contribution in [3.05, 3.63) is 42.4 Å². The smallest absolute Gasteiger partial charge is 0.145 e. The number of nitrogens with zero attached hydrogens (tertiary/aromatic N) is 3. The molecule has 112 valence electrons. The summed E-state index contributed by atoms with van der Waals surface area (Å²) < 4.78 is 5.71. The van der Waals surface area contributed by atoms with E-state index >= 15 is 0 Å². The van der Waals surface area contributed by atoms with Crippen LogP contribution in [0.2, 0.25) is 0 Å². The molecular weight excluding hydrogens is 276 g/mol. The second-order valence-electron chi connectivity index (χ2n) is 4.85. The van der Waals surface area contributed by atoms with Crippen molar-refractivity contribution in [2.45, 2.75) is 13.8 Å². The van der Waals surface area contributed by atoms with Crippen LogP contribution < -0.4 is 10.1 Å². The Balaban J connectivity index is 2.32. The monoisotopic (exact) mass is 294 g/mol. The Bertz CT molecular complexity index is 817. The minimum atomic E-state index is 0.595. The lowest BCUT2D eigenvalue weighted by Gasteiger charge is -2.13. The van der Waals surface area contributed by atoms with E-state index < -0.39 is 0 Å². The average Bonchev–Trinajstić information content (AvgIpc) is 2.54. The Kier molecular flexibility index (Phi) is 3.87. The summed E-state index contributed by atoms with van der Waals surface area (Å²) in [7, 11) is 1.86. The summed E-state index contributed by atoms with van der Waals surface area (Å²) in [6.07, 6.45) is 1.77. The maximum absolute atomic E-state index is 5.71. The predicted molar refractivity (Wildman–Crippen MR) is 88.2 cm³/mol. The first-order valence-electron chi connectivity index (χ1n) is 7.28. The highest BCUT2D eigenvalue weighted by Gasteiger charge is 2.15. The second kappa shape index (κ2) is 5.97. The van der Waals surface area contributed by atoms with Gasteiger partial charge in [0.25, 0.3) is 0 Å². The molecule has 0 spiro atoms. The molecule has 0 aliphatic rings. The van der Waals surface area contributed by atoms with Crippen molar-refractivity contribution in [1.29, 1.82) is 0 Å². The van der Waals surface area contributed by atoms with Crippen LogP contribution in [0.25, 0.3) is 22.2 Å². The van der Waals surface area contributed by atoms with Crippen molar-refractivity contribution in [2.24, 2.45) is 0 Å². The molecule has 0 aliphatic carbocycles. The van der Waals surface area contributed by atoms with Crippen LogP contribution in [0, 0.1) is 6.92 Å². The number of ether oxygens (including phenoxy) is 1. The fraction of sp³-hybridized carbons (Fsp3) is 0.235. The Morgan fingerprint density at radius 1 is 1.14 bits per heavy atom. The summed E-state index contributed by atoms with van der Waals surface area (Å²) in [6.45, 7) is 4.45. The molecule has 0 saturated carbocycles. The van der Waals surface area contributed by atoms with Crippen LogP contribution in [0.3, 0.4) is 0 Å². The van der Waals surface area contributed by atoms with E-state index in [2.05, 4.69) is 20.3 Å². The third-order valence-corrected chi connectivity index (χ3v) is 3.40. The molecule has 5 nitrogen and oxygen atoms in total. The number of fused-ring (bicyclic) bond motifs is 1. The zero-order chi connectivity index (χ0) is 15.5. The first kappa shape index (κ1) is 14.3. The molecule has 0 bridgehead atoms. The molecular formula is C17H18N4O. The summed E-state index contributed by atoms with van der Waals surface area (Å²) in [4.78, 5) is 13.5. The van der Waals surface area contributed by atoms with Crippen molar-refractivity contribution in [1.82, 2.24) is 15.0 Å². The predicted octanol–water partition coefficient (Wildman–Crippen LogP) is 3.44. The Hall–Kier alpha value is -2.69. The van der Waals surface area contributed by atoms with Crippen LogP contribution in [0.1, 0.15) is 12.7 Å². The van der Waals surface area contributed by atoms with E-state index in [1.807, 2.05) is 51.2 Å². The van der Waals surface area contributed by atoms with Gasteiger partial charge in [0.05, 0.1) is 17.5 Å². The van der Waals surface area contributed by atoms with Gasteiger partial charge in [-0.15, -0.1) is 0 Å². The van der Waals surface area contributed by atoms with Gasteiger partial charge in [-0.05, 0) is 32.0 Å². The quantitative estimate of drug-likeness (QED) is 0.798. The van der Waals surface area contributed by atoms with Gasteiger partial charge in [0.2, 0.25) is 0 Å². The highest BCUT2D eigenvalue weighted by atomic mass is 16.5. The van der Waals surface area contributed by atoms with Crippen molar-refractivity contribution in [3.8, 4) is 17.0 Å². The van der Waals surface area contributed by atoms with Crippen molar-refractivity contribution in [2.75, 3.05) is 19.0 Å². The van der Waals surface area contributed by atoms with Crippen molar-refractivity contribution >= 4 is 16.7 Å². The molecule has 22 heavy (non-hydrogen) atoms. The van der Waals surface area contributed by atoms with E-state index in [1.165, 1.54) is 0 Å². The first-order chi connectivity index (χ1) is 10.7. The van der Waals surface area contributed by atoms with Gasteiger partial charge in [0, 0.05) is 18.8 Å². The van der Waals surface area contributed by atoms with E-state index in [-0.39, 0.29) is 0 Å². The van der Waals surface area contributed by atoms with Gasteiger partial charge < -0.3 is 10.1 Å². The van der Waals surface area contributed by atoms with E-state index in [1.54, 1.807) is 6.20 Å². The number of benzene rings is 1. The number of aryl methyl sites for hydroxylation is 1. The average molecular weight is 294 g/mol. The maximum atomic E-state index is 5.71. The SMILES string of the molecule is CCOc1cccnc1-c1cccc2nc(C)nc(NC)c12. The van der Waals surface area contributed by atoms with Gasteiger partial charge in [0.1, 0.15) is 23.1 Å². The number of anilines is 1. The van der Waals surface area contributed by atoms with Gasteiger partial charge in [-0.2, -0.15) is 0 Å². The Morgan fingerprint density at radius 2 is 2.00 bits per heavy atom. The molecule has 0 radical (unpaired) electrons. The maximum Gasteiger partial charge on any atom is 0.145 e. The van der Waals surface area contributed by atoms with E-state index in [4.69, 9.17) is 4.74 Å². The Labute approximate surface area is 129 Å². The third-order valence-electron chi connectivity index (χ3n) is 3.40. The van der Waals surface area contributed by atoms with Crippen LogP contribution in [-0.2, 0) is 0 Å². The molecule has 1 N–H and O–H groups in total. The topological polar surface area (TPSA) is 59.9 Å². The van der Waals surface area contributed by atoms with Gasteiger partial charge >= 0.3 is 0 Å². The molecule has 0 fully saturated rings. The van der Waals surface area contributed by atoms with Crippen LogP contribution in [0.15, 0.2) is 36.5 Å². The molecule has 0 saturated heterocycles.